The van der Waals surface area contributed by atoms with Gasteiger partial charge < -0.3 is 4.79 Å². The van der Waals surface area contributed by atoms with Crippen LogP contribution in [0.25, 0.3) is 21.1 Å². The van der Waals surface area contributed by atoms with E-state index in [9.17, 15) is 9.59 Å². The number of rotatable bonds is 5. The number of hydrogen-bond donors (Lipinski definition) is 0. The zero-order chi connectivity index (χ0) is 21.6. The third kappa shape index (κ3) is 3.43. The quantitative estimate of drug-likeness (QED) is 0.405. The summed E-state index contributed by atoms with van der Waals surface area (Å²) in [5.41, 5.74) is 4.66. The van der Waals surface area contributed by atoms with Crippen LogP contribution in [0.4, 0.5) is 0 Å². The van der Waals surface area contributed by atoms with Gasteiger partial charge in [0.05, 0.1) is 28.0 Å². The molecule has 2 heterocycles. The van der Waals surface area contributed by atoms with E-state index in [4.69, 9.17) is 4.37 Å². The maximum atomic E-state index is 13.6. The van der Waals surface area contributed by atoms with Crippen LogP contribution in [0.3, 0.4) is 0 Å². The zero-order valence-electron chi connectivity index (χ0n) is 18.1. The second kappa shape index (κ2) is 7.75. The Hall–Kier alpha value is -2.73. The minimum Gasteiger partial charge on any atom is -0.303 e. The van der Waals surface area contributed by atoms with Crippen LogP contribution in [0.5, 0.6) is 0 Å². The van der Waals surface area contributed by atoms with Gasteiger partial charge in [0, 0.05) is 17.3 Å². The normalized spacial score (nSPS) is 16.2. The van der Waals surface area contributed by atoms with Crippen molar-refractivity contribution in [1.29, 1.82) is 0 Å². The van der Waals surface area contributed by atoms with Gasteiger partial charge in [-0.25, -0.2) is 4.79 Å². The van der Waals surface area contributed by atoms with Crippen LogP contribution in [0.15, 0.2) is 41.2 Å². The van der Waals surface area contributed by atoms with E-state index >= 15 is 0 Å². The summed E-state index contributed by atoms with van der Waals surface area (Å²) in [4.78, 5) is 25.7. The molecule has 2 aromatic heterocycles. The lowest BCUT2D eigenvalue weighted by Gasteiger charge is -2.32. The molecule has 0 unspecified atom stereocenters. The summed E-state index contributed by atoms with van der Waals surface area (Å²) in [6, 6.07) is 12.2. The molecule has 6 heteroatoms. The smallest absolute Gasteiger partial charge is 0.303 e. The van der Waals surface area contributed by atoms with E-state index in [1.807, 2.05) is 33.4 Å². The number of hydrogen-bond acceptors (Lipinski definition) is 4. The van der Waals surface area contributed by atoms with Crippen molar-refractivity contribution in [2.45, 2.75) is 59.0 Å². The lowest BCUT2D eigenvalue weighted by atomic mass is 9.75. The molecule has 1 aliphatic rings. The van der Waals surface area contributed by atoms with E-state index in [1.54, 1.807) is 0 Å². The number of nitrogens with zero attached hydrogens (tertiary/aromatic N) is 3. The molecular formula is C25H27N3O2S. The molecule has 0 N–H and O–H groups in total. The molecule has 2 aromatic carbocycles. The topological polar surface area (TPSA) is 56.9 Å². The number of para-hydroxylation sites is 2. The molecule has 0 saturated heterocycles. The highest BCUT2D eigenvalue weighted by Gasteiger charge is 2.33. The number of benzene rings is 2. The van der Waals surface area contributed by atoms with Crippen LogP contribution in [-0.4, -0.2) is 19.8 Å². The highest BCUT2D eigenvalue weighted by molar-refractivity contribution is 7.13. The Morgan fingerprint density at radius 2 is 1.77 bits per heavy atom. The fourth-order valence-corrected chi connectivity index (χ4v) is 6.21. The first-order valence-corrected chi connectivity index (χ1v) is 11.8. The Labute approximate surface area is 185 Å². The Kier molecular flexibility index (Phi) is 5.05. The molecule has 160 valence electrons. The van der Waals surface area contributed by atoms with Gasteiger partial charge in [0.25, 0.3) is 0 Å². The number of fused-ring (bicyclic) bond motifs is 2. The monoisotopic (exact) mass is 433 g/mol. The molecule has 1 fully saturated rings. The second-order valence-corrected chi connectivity index (χ2v) is 9.87. The molecule has 1 saturated carbocycles. The van der Waals surface area contributed by atoms with Crippen LogP contribution in [0.2, 0.25) is 0 Å². The number of imidazole rings is 1. The highest BCUT2D eigenvalue weighted by atomic mass is 32.1. The summed E-state index contributed by atoms with van der Waals surface area (Å²) < 4.78 is 9.51. The van der Waals surface area contributed by atoms with Gasteiger partial charge in [-0.2, -0.15) is 4.37 Å². The summed E-state index contributed by atoms with van der Waals surface area (Å²) >= 11 is 1.49. The van der Waals surface area contributed by atoms with E-state index in [0.29, 0.717) is 13.1 Å². The first-order valence-electron chi connectivity index (χ1n) is 11.0. The van der Waals surface area contributed by atoms with E-state index in [-0.39, 0.29) is 5.69 Å². The van der Waals surface area contributed by atoms with Gasteiger partial charge in [0.2, 0.25) is 0 Å². The van der Waals surface area contributed by atoms with Crippen molar-refractivity contribution in [1.82, 2.24) is 13.5 Å². The predicted molar refractivity (Wildman–Crippen MR) is 126 cm³/mol. The van der Waals surface area contributed by atoms with E-state index in [1.165, 1.54) is 29.1 Å². The maximum Gasteiger partial charge on any atom is 0.329 e. The second-order valence-electron chi connectivity index (χ2n) is 9.07. The molecule has 31 heavy (non-hydrogen) atoms. The summed E-state index contributed by atoms with van der Waals surface area (Å²) in [6.45, 7) is 5.09. The van der Waals surface area contributed by atoms with Crippen molar-refractivity contribution >= 4 is 38.9 Å². The molecule has 1 aliphatic carbocycles. The molecule has 4 aromatic rings. The molecular weight excluding hydrogens is 406 g/mol. The van der Waals surface area contributed by atoms with Crippen LogP contribution in [0.1, 0.15) is 48.9 Å². The zero-order valence-corrected chi connectivity index (χ0v) is 18.9. The Morgan fingerprint density at radius 1 is 1.06 bits per heavy atom. The van der Waals surface area contributed by atoms with Gasteiger partial charge in [0.1, 0.15) is 6.29 Å². The fourth-order valence-electron chi connectivity index (χ4n) is 5.24. The summed E-state index contributed by atoms with van der Waals surface area (Å²) in [5.74, 6) is 0. The SMILES string of the molecule is Cc1cc(C)c2c(Cn3c(=O)n(CC4(C=O)CCCCC4)c4ccccc43)nsc2c1. The molecule has 0 radical (unpaired) electrons. The first-order chi connectivity index (χ1) is 15.0. The van der Waals surface area contributed by atoms with Crippen molar-refractivity contribution in [3.8, 4) is 0 Å². The number of aryl methyl sites for hydroxylation is 2. The lowest BCUT2D eigenvalue weighted by Crippen LogP contribution is -2.36. The molecule has 5 rings (SSSR count). The summed E-state index contributed by atoms with van der Waals surface area (Å²) in [7, 11) is 0. The van der Waals surface area contributed by atoms with Gasteiger partial charge in [-0.1, -0.05) is 37.5 Å². The van der Waals surface area contributed by atoms with E-state index in [0.717, 1.165) is 58.8 Å². The van der Waals surface area contributed by atoms with Crippen molar-refractivity contribution in [3.05, 3.63) is 63.7 Å². The predicted octanol–water partition coefficient (Wildman–Crippen LogP) is 5.23. The largest absolute Gasteiger partial charge is 0.329 e. The minimum atomic E-state index is -0.432. The first kappa shape index (κ1) is 20.2. The summed E-state index contributed by atoms with van der Waals surface area (Å²) in [5, 5.41) is 1.15. The van der Waals surface area contributed by atoms with Crippen molar-refractivity contribution in [2.75, 3.05) is 0 Å². The van der Waals surface area contributed by atoms with Crippen LogP contribution in [-0.2, 0) is 17.9 Å². The maximum absolute atomic E-state index is 13.6. The third-order valence-corrected chi connectivity index (χ3v) is 7.62. The van der Waals surface area contributed by atoms with Crippen molar-refractivity contribution < 1.29 is 4.79 Å². The summed E-state index contributed by atoms with van der Waals surface area (Å²) in [6.07, 6.45) is 6.09. The fraction of sp³-hybridized carbons (Fsp3) is 0.400. The number of carbonyl (C=O) groups excluding carboxylic acids is 1. The number of aromatic nitrogens is 3. The van der Waals surface area contributed by atoms with Crippen LogP contribution >= 0.6 is 11.5 Å². The Balaban J connectivity index is 1.62. The molecule has 0 amide bonds. The third-order valence-electron chi connectivity index (χ3n) is 6.79. The Morgan fingerprint density at radius 3 is 2.48 bits per heavy atom. The number of carbonyl (C=O) groups is 1. The van der Waals surface area contributed by atoms with Crippen molar-refractivity contribution in [3.63, 3.8) is 0 Å². The standard InChI is InChI=1S/C25H27N3O2S/c1-17-12-18(2)23-19(26-31-22(23)13-17)14-27-20-8-4-5-9-21(20)28(24(27)30)15-25(16-29)10-6-3-7-11-25/h4-5,8-9,12-13,16H,3,6-7,10-11,14-15H2,1-2H3. The van der Waals surface area contributed by atoms with E-state index in [2.05, 4.69) is 26.0 Å². The van der Waals surface area contributed by atoms with Gasteiger partial charge in [-0.15, -0.1) is 0 Å². The van der Waals surface area contributed by atoms with Crippen LogP contribution in [0, 0.1) is 19.3 Å². The molecule has 0 atom stereocenters. The van der Waals surface area contributed by atoms with Gasteiger partial charge in [-0.3, -0.25) is 9.13 Å². The molecule has 0 aliphatic heterocycles. The average molecular weight is 434 g/mol. The van der Waals surface area contributed by atoms with Crippen molar-refractivity contribution in [2.24, 2.45) is 5.41 Å². The minimum absolute atomic E-state index is 0.0566. The molecule has 5 nitrogen and oxygen atoms in total. The molecule has 0 bridgehead atoms. The number of aldehydes is 1. The van der Waals surface area contributed by atoms with Gasteiger partial charge in [-0.05, 0) is 67.5 Å². The van der Waals surface area contributed by atoms with Gasteiger partial charge >= 0.3 is 5.69 Å². The Bertz CT molecular complexity index is 1340. The van der Waals surface area contributed by atoms with Crippen LogP contribution < -0.4 is 5.69 Å². The van der Waals surface area contributed by atoms with E-state index < -0.39 is 5.41 Å². The average Bonchev–Trinajstić information content (AvgIpc) is 3.29. The highest BCUT2D eigenvalue weighted by Crippen LogP contribution is 2.36. The molecule has 0 spiro atoms. The van der Waals surface area contributed by atoms with Gasteiger partial charge in [0.15, 0.2) is 0 Å². The lowest BCUT2D eigenvalue weighted by molar-refractivity contribution is -0.118.